The first-order chi connectivity index (χ1) is 7.83. The second kappa shape index (κ2) is 3.84. The van der Waals surface area contributed by atoms with Gasteiger partial charge in [-0.2, -0.15) is 0 Å². The molecule has 1 fully saturated rings. The van der Waals surface area contributed by atoms with Crippen LogP contribution in [0.15, 0.2) is 24.7 Å². The Morgan fingerprint density at radius 1 is 1.56 bits per heavy atom. The molecule has 5 heteroatoms. The normalized spacial score (nSPS) is 16.9. The molecule has 2 aromatic heterocycles. The van der Waals surface area contributed by atoms with Crippen LogP contribution in [0.1, 0.15) is 5.69 Å². The summed E-state index contributed by atoms with van der Waals surface area (Å²) < 4.78 is 1.96. The van der Waals surface area contributed by atoms with E-state index >= 15 is 0 Å². The molecule has 0 spiro atoms. The smallest absolute Gasteiger partial charge is 0.233 e. The number of imidazole rings is 1. The molecular formula is C11H15N5. The van der Waals surface area contributed by atoms with Gasteiger partial charge in [0.05, 0.1) is 5.69 Å². The molecule has 0 radical (unpaired) electrons. The lowest BCUT2D eigenvalue weighted by Crippen LogP contribution is -2.55. The first-order valence-electron chi connectivity index (χ1n) is 5.52. The lowest BCUT2D eigenvalue weighted by molar-refractivity contribution is 0.171. The zero-order chi connectivity index (χ0) is 11.0. The number of likely N-dealkylation sites (N-methyl/N-ethyl adjacent to an activating group) is 1. The van der Waals surface area contributed by atoms with Gasteiger partial charge in [-0.15, -0.1) is 0 Å². The summed E-state index contributed by atoms with van der Waals surface area (Å²) in [6, 6.07) is 2.57. The second-order valence-electron chi connectivity index (χ2n) is 4.29. The van der Waals surface area contributed by atoms with E-state index < -0.39 is 0 Å². The Bertz CT molecular complexity index is 455. The van der Waals surface area contributed by atoms with E-state index in [0.29, 0.717) is 6.04 Å². The summed E-state index contributed by atoms with van der Waals surface area (Å²) in [5.74, 6) is 0.776. The highest BCUT2D eigenvalue weighted by molar-refractivity contribution is 5.29. The van der Waals surface area contributed by atoms with E-state index in [4.69, 9.17) is 0 Å². The molecule has 1 saturated heterocycles. The quantitative estimate of drug-likeness (QED) is 0.794. The van der Waals surface area contributed by atoms with Crippen molar-refractivity contribution >= 4 is 5.78 Å². The maximum absolute atomic E-state index is 4.48. The molecule has 5 nitrogen and oxygen atoms in total. The van der Waals surface area contributed by atoms with E-state index in [0.717, 1.165) is 31.1 Å². The van der Waals surface area contributed by atoms with Crippen LogP contribution in [0.2, 0.25) is 0 Å². The van der Waals surface area contributed by atoms with Crippen molar-refractivity contribution in [2.75, 3.05) is 20.1 Å². The van der Waals surface area contributed by atoms with Crippen molar-refractivity contribution < 1.29 is 0 Å². The molecule has 84 valence electrons. The number of aromatic nitrogens is 3. The van der Waals surface area contributed by atoms with Gasteiger partial charge < -0.3 is 5.32 Å². The topological polar surface area (TPSA) is 45.5 Å². The second-order valence-corrected chi connectivity index (χ2v) is 4.29. The Labute approximate surface area is 94.1 Å². The van der Waals surface area contributed by atoms with E-state index in [-0.39, 0.29) is 0 Å². The molecule has 3 rings (SSSR count). The average Bonchev–Trinajstić information content (AvgIpc) is 2.56. The lowest BCUT2D eigenvalue weighted by Gasteiger charge is -2.35. The molecule has 0 atom stereocenters. The van der Waals surface area contributed by atoms with E-state index in [9.17, 15) is 0 Å². The molecule has 3 heterocycles. The van der Waals surface area contributed by atoms with Gasteiger partial charge in [0.1, 0.15) is 0 Å². The van der Waals surface area contributed by atoms with Crippen LogP contribution in [0.3, 0.4) is 0 Å². The van der Waals surface area contributed by atoms with Crippen LogP contribution in [0.4, 0.5) is 0 Å². The van der Waals surface area contributed by atoms with Gasteiger partial charge in [0.15, 0.2) is 0 Å². The Kier molecular flexibility index (Phi) is 2.34. The van der Waals surface area contributed by atoms with E-state index in [1.807, 2.05) is 22.9 Å². The van der Waals surface area contributed by atoms with Gasteiger partial charge >= 0.3 is 0 Å². The van der Waals surface area contributed by atoms with Crippen molar-refractivity contribution in [3.63, 3.8) is 0 Å². The molecule has 16 heavy (non-hydrogen) atoms. The predicted molar refractivity (Wildman–Crippen MR) is 61.1 cm³/mol. The summed E-state index contributed by atoms with van der Waals surface area (Å²) in [6.45, 7) is 3.06. The highest BCUT2D eigenvalue weighted by atomic mass is 15.2. The molecule has 1 N–H and O–H groups in total. The van der Waals surface area contributed by atoms with E-state index in [1.165, 1.54) is 0 Å². The number of hydrogen-bond donors (Lipinski definition) is 1. The fourth-order valence-corrected chi connectivity index (χ4v) is 1.93. The Hall–Kier alpha value is -1.46. The molecule has 0 unspecified atom stereocenters. The molecular weight excluding hydrogens is 202 g/mol. The summed E-state index contributed by atoms with van der Waals surface area (Å²) in [6.07, 6.45) is 5.79. The minimum absolute atomic E-state index is 0.651. The molecule has 2 aromatic rings. The fourth-order valence-electron chi connectivity index (χ4n) is 1.93. The summed E-state index contributed by atoms with van der Waals surface area (Å²) in [5.41, 5.74) is 1.08. The van der Waals surface area contributed by atoms with Crippen molar-refractivity contribution in [3.8, 4) is 0 Å². The van der Waals surface area contributed by atoms with Gasteiger partial charge in [0, 0.05) is 44.3 Å². The van der Waals surface area contributed by atoms with Gasteiger partial charge in [0.25, 0.3) is 0 Å². The third-order valence-electron chi connectivity index (χ3n) is 3.08. The molecule has 0 saturated carbocycles. The molecule has 0 amide bonds. The van der Waals surface area contributed by atoms with Crippen LogP contribution in [0.5, 0.6) is 0 Å². The van der Waals surface area contributed by atoms with Gasteiger partial charge in [-0.1, -0.05) is 0 Å². The molecule has 0 aliphatic carbocycles. The van der Waals surface area contributed by atoms with E-state index in [1.54, 1.807) is 6.20 Å². The van der Waals surface area contributed by atoms with Crippen LogP contribution < -0.4 is 5.32 Å². The van der Waals surface area contributed by atoms with Crippen molar-refractivity contribution in [3.05, 3.63) is 30.4 Å². The largest absolute Gasteiger partial charge is 0.314 e. The Balaban J connectivity index is 1.78. The molecule has 0 aromatic carbocycles. The number of rotatable bonds is 3. The number of hydrogen-bond acceptors (Lipinski definition) is 4. The zero-order valence-corrected chi connectivity index (χ0v) is 9.30. The minimum Gasteiger partial charge on any atom is -0.314 e. The van der Waals surface area contributed by atoms with Crippen LogP contribution >= 0.6 is 0 Å². The number of nitrogens with one attached hydrogen (secondary N) is 1. The zero-order valence-electron chi connectivity index (χ0n) is 9.30. The highest BCUT2D eigenvalue weighted by Crippen LogP contribution is 2.09. The van der Waals surface area contributed by atoms with Gasteiger partial charge in [0.2, 0.25) is 5.78 Å². The number of fused-ring (bicyclic) bond motifs is 1. The SMILES string of the molecule is CN(Cc1cn2cccnc2n1)C1CNC1. The predicted octanol–water partition coefficient (Wildman–Crippen LogP) is 0.133. The Morgan fingerprint density at radius 2 is 2.44 bits per heavy atom. The third-order valence-corrected chi connectivity index (χ3v) is 3.08. The number of nitrogens with zero attached hydrogens (tertiary/aromatic N) is 4. The van der Waals surface area contributed by atoms with Crippen molar-refractivity contribution in [2.45, 2.75) is 12.6 Å². The maximum atomic E-state index is 4.48. The average molecular weight is 217 g/mol. The van der Waals surface area contributed by atoms with Crippen LogP contribution in [-0.4, -0.2) is 45.4 Å². The van der Waals surface area contributed by atoms with Crippen LogP contribution in [-0.2, 0) is 6.54 Å². The lowest BCUT2D eigenvalue weighted by atomic mass is 10.1. The third kappa shape index (κ3) is 1.68. The highest BCUT2D eigenvalue weighted by Gasteiger charge is 2.21. The summed E-state index contributed by atoms with van der Waals surface area (Å²) in [7, 11) is 2.14. The summed E-state index contributed by atoms with van der Waals surface area (Å²) in [4.78, 5) is 11.0. The van der Waals surface area contributed by atoms with Gasteiger partial charge in [-0.3, -0.25) is 9.30 Å². The van der Waals surface area contributed by atoms with Gasteiger partial charge in [-0.25, -0.2) is 9.97 Å². The molecule has 1 aliphatic rings. The standard InChI is InChI=1S/C11H15N5/c1-15(10-5-12-6-10)7-9-8-16-4-2-3-13-11(16)14-9/h2-4,8,10,12H,5-7H2,1H3. The Morgan fingerprint density at radius 3 is 3.12 bits per heavy atom. The molecule has 0 bridgehead atoms. The van der Waals surface area contributed by atoms with Gasteiger partial charge in [-0.05, 0) is 13.1 Å². The monoisotopic (exact) mass is 217 g/mol. The van der Waals surface area contributed by atoms with Crippen molar-refractivity contribution in [2.24, 2.45) is 0 Å². The summed E-state index contributed by atoms with van der Waals surface area (Å²) in [5, 5.41) is 3.27. The van der Waals surface area contributed by atoms with Crippen LogP contribution in [0, 0.1) is 0 Å². The van der Waals surface area contributed by atoms with Crippen molar-refractivity contribution in [1.29, 1.82) is 0 Å². The summed E-state index contributed by atoms with van der Waals surface area (Å²) >= 11 is 0. The van der Waals surface area contributed by atoms with Crippen LogP contribution in [0.25, 0.3) is 5.78 Å². The maximum Gasteiger partial charge on any atom is 0.233 e. The minimum atomic E-state index is 0.651. The first kappa shape index (κ1) is 9.74. The first-order valence-corrected chi connectivity index (χ1v) is 5.52. The van der Waals surface area contributed by atoms with Crippen molar-refractivity contribution in [1.82, 2.24) is 24.6 Å². The van der Waals surface area contributed by atoms with E-state index in [2.05, 4.69) is 27.2 Å². The fraction of sp³-hybridized carbons (Fsp3) is 0.455. The molecule has 1 aliphatic heterocycles.